The molecule has 1 saturated carbocycles. The van der Waals surface area contributed by atoms with Crippen molar-refractivity contribution in [1.82, 2.24) is 24.7 Å². The van der Waals surface area contributed by atoms with Crippen molar-refractivity contribution >= 4 is 0 Å². The molecule has 2 aromatic heterocycles. The lowest BCUT2D eigenvalue weighted by molar-refractivity contribution is -0.192. The average Bonchev–Trinajstić information content (AvgIpc) is 3.22. The van der Waals surface area contributed by atoms with Crippen molar-refractivity contribution in [3.05, 3.63) is 24.5 Å². The van der Waals surface area contributed by atoms with E-state index < -0.39 is 5.79 Å². The summed E-state index contributed by atoms with van der Waals surface area (Å²) in [5.74, 6) is 0.787. The first kappa shape index (κ1) is 14.5. The lowest BCUT2D eigenvalue weighted by Gasteiger charge is -2.36. The van der Waals surface area contributed by atoms with Crippen LogP contribution >= 0.6 is 0 Å². The Labute approximate surface area is 133 Å². The minimum atomic E-state index is -0.460. The van der Waals surface area contributed by atoms with E-state index in [1.165, 1.54) is 12.7 Å². The van der Waals surface area contributed by atoms with E-state index in [2.05, 4.69) is 20.1 Å². The lowest BCUT2D eigenvalue weighted by atomic mass is 9.91. The summed E-state index contributed by atoms with van der Waals surface area (Å²) in [5, 5.41) is 4.11. The van der Waals surface area contributed by atoms with Crippen molar-refractivity contribution in [2.24, 2.45) is 0 Å². The third-order valence-corrected chi connectivity index (χ3v) is 4.36. The van der Waals surface area contributed by atoms with Gasteiger partial charge in [0.1, 0.15) is 25.1 Å². The Kier molecular flexibility index (Phi) is 3.70. The van der Waals surface area contributed by atoms with Gasteiger partial charge in [-0.05, 0) is 19.8 Å². The standard InChI is InChI=1S/C15H19N5O3/c1-11-13(20-10-16-8-19-20)17-9-18-14(11)23-12-3-2-4-15(7-12)21-5-6-22-15/h8-10,12H,2-7H2,1H3. The molecule has 122 valence electrons. The monoisotopic (exact) mass is 317 g/mol. The topological polar surface area (TPSA) is 84.2 Å². The summed E-state index contributed by atoms with van der Waals surface area (Å²) in [5.41, 5.74) is 0.839. The van der Waals surface area contributed by atoms with Gasteiger partial charge in [-0.15, -0.1) is 0 Å². The summed E-state index contributed by atoms with van der Waals surface area (Å²) >= 11 is 0. The third-order valence-electron chi connectivity index (χ3n) is 4.36. The van der Waals surface area contributed by atoms with Crippen LogP contribution in [0.2, 0.25) is 0 Å². The van der Waals surface area contributed by atoms with Crippen molar-refractivity contribution in [1.29, 1.82) is 0 Å². The maximum absolute atomic E-state index is 6.14. The molecule has 23 heavy (non-hydrogen) atoms. The maximum atomic E-state index is 6.14. The largest absolute Gasteiger partial charge is 0.474 e. The summed E-state index contributed by atoms with van der Waals surface area (Å²) in [6.07, 6.45) is 8.24. The maximum Gasteiger partial charge on any atom is 0.221 e. The highest BCUT2D eigenvalue weighted by atomic mass is 16.7. The molecule has 4 rings (SSSR count). The zero-order chi connectivity index (χ0) is 15.7. The molecule has 0 bridgehead atoms. The van der Waals surface area contributed by atoms with Crippen LogP contribution < -0.4 is 4.74 Å². The van der Waals surface area contributed by atoms with Gasteiger partial charge in [-0.2, -0.15) is 5.10 Å². The summed E-state index contributed by atoms with van der Waals surface area (Å²) in [6.45, 7) is 3.25. The highest BCUT2D eigenvalue weighted by molar-refractivity contribution is 5.37. The van der Waals surface area contributed by atoms with Crippen molar-refractivity contribution in [2.45, 2.75) is 44.5 Å². The van der Waals surface area contributed by atoms with E-state index in [1.807, 2.05) is 6.92 Å². The Bertz CT molecular complexity index is 670. The Morgan fingerprint density at radius 3 is 2.91 bits per heavy atom. The zero-order valence-corrected chi connectivity index (χ0v) is 13.0. The fourth-order valence-corrected chi connectivity index (χ4v) is 3.26. The molecule has 8 heteroatoms. The van der Waals surface area contributed by atoms with Gasteiger partial charge in [0.05, 0.1) is 18.8 Å². The van der Waals surface area contributed by atoms with Crippen LogP contribution in [-0.4, -0.2) is 49.8 Å². The van der Waals surface area contributed by atoms with Crippen molar-refractivity contribution in [3.63, 3.8) is 0 Å². The Balaban J connectivity index is 1.54. The van der Waals surface area contributed by atoms with Gasteiger partial charge in [-0.3, -0.25) is 0 Å². The minimum Gasteiger partial charge on any atom is -0.474 e. The number of hydrogen-bond acceptors (Lipinski definition) is 7. The van der Waals surface area contributed by atoms with Gasteiger partial charge in [0.25, 0.3) is 0 Å². The quantitative estimate of drug-likeness (QED) is 0.846. The van der Waals surface area contributed by atoms with E-state index in [-0.39, 0.29) is 6.10 Å². The Morgan fingerprint density at radius 1 is 1.26 bits per heavy atom. The second-order valence-electron chi connectivity index (χ2n) is 5.91. The molecule has 2 fully saturated rings. The molecule has 0 aromatic carbocycles. The molecule has 2 aromatic rings. The van der Waals surface area contributed by atoms with Gasteiger partial charge < -0.3 is 14.2 Å². The van der Waals surface area contributed by atoms with E-state index in [1.54, 1.807) is 11.0 Å². The van der Waals surface area contributed by atoms with Crippen LogP contribution in [0.5, 0.6) is 5.88 Å². The van der Waals surface area contributed by atoms with Crippen molar-refractivity contribution in [3.8, 4) is 11.7 Å². The van der Waals surface area contributed by atoms with Gasteiger partial charge in [-0.1, -0.05) is 0 Å². The summed E-state index contributed by atoms with van der Waals surface area (Å²) < 4.78 is 19.4. The minimum absolute atomic E-state index is 0.0269. The Morgan fingerprint density at radius 2 is 2.13 bits per heavy atom. The summed E-state index contributed by atoms with van der Waals surface area (Å²) in [6, 6.07) is 0. The molecule has 3 heterocycles. The number of rotatable bonds is 3. The first-order valence-electron chi connectivity index (χ1n) is 7.87. The first-order valence-corrected chi connectivity index (χ1v) is 7.87. The molecule has 1 saturated heterocycles. The van der Waals surface area contributed by atoms with Crippen molar-refractivity contribution < 1.29 is 14.2 Å². The zero-order valence-electron chi connectivity index (χ0n) is 13.0. The van der Waals surface area contributed by atoms with Crippen LogP contribution in [0.1, 0.15) is 31.2 Å². The van der Waals surface area contributed by atoms with Crippen LogP contribution in [-0.2, 0) is 9.47 Å². The second-order valence-corrected chi connectivity index (χ2v) is 5.91. The first-order chi connectivity index (χ1) is 11.3. The van der Waals surface area contributed by atoms with Crippen LogP contribution in [0.4, 0.5) is 0 Å². The molecule has 1 aliphatic heterocycles. The molecular weight excluding hydrogens is 298 g/mol. The predicted octanol–water partition coefficient (Wildman–Crippen LogP) is 1.43. The summed E-state index contributed by atoms with van der Waals surface area (Å²) in [7, 11) is 0. The average molecular weight is 317 g/mol. The number of hydrogen-bond donors (Lipinski definition) is 0. The fraction of sp³-hybridized carbons (Fsp3) is 0.600. The number of ether oxygens (including phenoxy) is 3. The summed E-state index contributed by atoms with van der Waals surface area (Å²) in [4.78, 5) is 12.5. The van der Waals surface area contributed by atoms with Crippen LogP contribution in [0.3, 0.4) is 0 Å². The van der Waals surface area contributed by atoms with Gasteiger partial charge in [-0.25, -0.2) is 19.6 Å². The second kappa shape index (κ2) is 5.86. The smallest absolute Gasteiger partial charge is 0.221 e. The predicted molar refractivity (Wildman–Crippen MR) is 79.2 cm³/mol. The third kappa shape index (κ3) is 2.79. The number of nitrogens with zero attached hydrogens (tertiary/aromatic N) is 5. The van der Waals surface area contributed by atoms with E-state index in [0.29, 0.717) is 24.9 Å². The Hall–Kier alpha value is -2.06. The normalized spacial score (nSPS) is 23.3. The molecule has 0 amide bonds. The highest BCUT2D eigenvalue weighted by Crippen LogP contribution is 2.37. The highest BCUT2D eigenvalue weighted by Gasteiger charge is 2.42. The lowest BCUT2D eigenvalue weighted by Crippen LogP contribution is -2.40. The van der Waals surface area contributed by atoms with E-state index in [0.717, 1.165) is 31.2 Å². The molecule has 0 radical (unpaired) electrons. The van der Waals surface area contributed by atoms with E-state index in [4.69, 9.17) is 14.2 Å². The molecule has 1 atom stereocenters. The van der Waals surface area contributed by atoms with Gasteiger partial charge in [0, 0.05) is 12.8 Å². The molecular formula is C15H19N5O3. The van der Waals surface area contributed by atoms with Gasteiger partial charge in [0.2, 0.25) is 5.88 Å². The SMILES string of the molecule is Cc1c(OC2CCCC3(C2)OCCO3)ncnc1-n1cncn1. The molecule has 1 spiro atoms. The van der Waals surface area contributed by atoms with Crippen LogP contribution in [0.25, 0.3) is 5.82 Å². The fourth-order valence-electron chi connectivity index (χ4n) is 3.26. The van der Waals surface area contributed by atoms with Crippen LogP contribution in [0.15, 0.2) is 19.0 Å². The van der Waals surface area contributed by atoms with Gasteiger partial charge >= 0.3 is 0 Å². The van der Waals surface area contributed by atoms with Crippen molar-refractivity contribution in [2.75, 3.05) is 13.2 Å². The van der Waals surface area contributed by atoms with Crippen LogP contribution in [0, 0.1) is 6.92 Å². The van der Waals surface area contributed by atoms with Gasteiger partial charge in [0.15, 0.2) is 11.6 Å². The molecule has 1 aliphatic carbocycles. The van der Waals surface area contributed by atoms with E-state index >= 15 is 0 Å². The van der Waals surface area contributed by atoms with E-state index in [9.17, 15) is 0 Å². The molecule has 0 N–H and O–H groups in total. The molecule has 8 nitrogen and oxygen atoms in total. The molecule has 1 unspecified atom stereocenters. The molecule has 2 aliphatic rings. The number of aromatic nitrogens is 5.